The number of aryl methyl sites for hydroxylation is 1. The molecule has 0 spiro atoms. The van der Waals surface area contributed by atoms with Gasteiger partial charge >= 0.3 is 0 Å². The van der Waals surface area contributed by atoms with Crippen LogP contribution < -0.4 is 5.32 Å². The van der Waals surface area contributed by atoms with Crippen molar-refractivity contribution >= 4 is 28.7 Å². The van der Waals surface area contributed by atoms with Gasteiger partial charge in [0.2, 0.25) is 0 Å². The van der Waals surface area contributed by atoms with Gasteiger partial charge in [-0.2, -0.15) is 0 Å². The number of nitrogens with zero attached hydrogens (tertiary/aromatic N) is 2. The quantitative estimate of drug-likeness (QED) is 0.765. The predicted molar refractivity (Wildman–Crippen MR) is 93.3 cm³/mol. The molecular weight excluding hydrogens is 324 g/mol. The molecule has 2 heterocycles. The van der Waals surface area contributed by atoms with Gasteiger partial charge in [0, 0.05) is 17.3 Å². The number of aromatic nitrogens is 3. The van der Waals surface area contributed by atoms with Crippen molar-refractivity contribution in [3.05, 3.63) is 58.5 Å². The van der Waals surface area contributed by atoms with Crippen LogP contribution in [-0.4, -0.2) is 26.9 Å². The van der Waals surface area contributed by atoms with E-state index in [9.17, 15) is 4.79 Å². The predicted octanol–water partition coefficient (Wildman–Crippen LogP) is 3.60. The number of pyridine rings is 1. The number of H-pyrrole nitrogens is 1. The second kappa shape index (κ2) is 5.91. The normalized spacial score (nSPS) is 19.9. The van der Waals surface area contributed by atoms with Gasteiger partial charge in [0.05, 0.1) is 11.1 Å². The van der Waals surface area contributed by atoms with Crippen molar-refractivity contribution in [2.45, 2.75) is 31.7 Å². The molecule has 2 N–H and O–H groups in total. The summed E-state index contributed by atoms with van der Waals surface area (Å²) in [6.07, 6.45) is 3.52. The van der Waals surface area contributed by atoms with Gasteiger partial charge in [0.15, 0.2) is 5.65 Å². The van der Waals surface area contributed by atoms with E-state index in [1.807, 2.05) is 19.1 Å². The molecule has 0 radical (unpaired) electrons. The molecule has 122 valence electrons. The molecule has 5 nitrogen and oxygen atoms in total. The van der Waals surface area contributed by atoms with Crippen molar-refractivity contribution in [3.63, 3.8) is 0 Å². The molecule has 0 bridgehead atoms. The Hall–Kier alpha value is -2.40. The first-order valence-electron chi connectivity index (χ1n) is 7.98. The molecule has 1 saturated carbocycles. The summed E-state index contributed by atoms with van der Waals surface area (Å²) in [4.78, 5) is 24.1. The van der Waals surface area contributed by atoms with E-state index >= 15 is 0 Å². The van der Waals surface area contributed by atoms with Gasteiger partial charge in [-0.15, -0.1) is 0 Å². The van der Waals surface area contributed by atoms with Crippen LogP contribution in [0, 0.1) is 6.92 Å². The van der Waals surface area contributed by atoms with Crippen molar-refractivity contribution in [2.75, 3.05) is 0 Å². The van der Waals surface area contributed by atoms with E-state index in [0.29, 0.717) is 22.6 Å². The summed E-state index contributed by atoms with van der Waals surface area (Å²) in [6.45, 7) is 1.85. The lowest BCUT2D eigenvalue weighted by Crippen LogP contribution is -2.43. The minimum Gasteiger partial charge on any atom is -0.349 e. The number of fused-ring (bicyclic) bond motifs is 1. The summed E-state index contributed by atoms with van der Waals surface area (Å²) in [5, 5.41) is 3.85. The molecule has 1 fully saturated rings. The molecule has 0 saturated heterocycles. The molecule has 3 aromatic rings. The number of hydrogen-bond donors (Lipinski definition) is 2. The number of nitrogens with one attached hydrogen (secondary N) is 2. The molecule has 2 aromatic heterocycles. The Morgan fingerprint density at radius 2 is 2.00 bits per heavy atom. The second-order valence-electron chi connectivity index (χ2n) is 6.27. The molecule has 0 unspecified atom stereocenters. The number of benzene rings is 1. The van der Waals surface area contributed by atoms with Crippen LogP contribution >= 0.6 is 11.6 Å². The van der Waals surface area contributed by atoms with Crippen molar-refractivity contribution in [3.8, 4) is 0 Å². The van der Waals surface area contributed by atoms with E-state index in [0.717, 1.165) is 23.7 Å². The lowest BCUT2D eigenvalue weighted by atomic mass is 9.76. The molecule has 24 heavy (non-hydrogen) atoms. The highest BCUT2D eigenvalue weighted by Gasteiger charge is 2.31. The Morgan fingerprint density at radius 3 is 2.75 bits per heavy atom. The first-order chi connectivity index (χ1) is 11.6. The lowest BCUT2D eigenvalue weighted by molar-refractivity contribution is 0.0910. The molecule has 6 heteroatoms. The minimum absolute atomic E-state index is 0.0781. The van der Waals surface area contributed by atoms with E-state index in [-0.39, 0.29) is 11.9 Å². The fourth-order valence-corrected chi connectivity index (χ4v) is 3.35. The van der Waals surface area contributed by atoms with Crippen molar-refractivity contribution in [1.29, 1.82) is 0 Å². The van der Waals surface area contributed by atoms with Crippen molar-refractivity contribution < 1.29 is 4.79 Å². The van der Waals surface area contributed by atoms with E-state index in [4.69, 9.17) is 11.6 Å². The first kappa shape index (κ1) is 15.1. The maximum Gasteiger partial charge on any atom is 0.253 e. The highest BCUT2D eigenvalue weighted by Crippen LogP contribution is 2.37. The van der Waals surface area contributed by atoms with Crippen LogP contribution in [0.5, 0.6) is 0 Å². The average Bonchev–Trinajstić information content (AvgIpc) is 2.91. The van der Waals surface area contributed by atoms with Gasteiger partial charge in [-0.3, -0.25) is 4.79 Å². The largest absolute Gasteiger partial charge is 0.349 e. The first-order valence-corrected chi connectivity index (χ1v) is 8.35. The number of imidazole rings is 1. The smallest absolute Gasteiger partial charge is 0.253 e. The third-order valence-electron chi connectivity index (χ3n) is 4.57. The van der Waals surface area contributed by atoms with Crippen LogP contribution in [0.4, 0.5) is 0 Å². The number of carbonyl (C=O) groups excluding carboxylic acids is 1. The highest BCUT2D eigenvalue weighted by molar-refractivity contribution is 6.30. The van der Waals surface area contributed by atoms with Gasteiger partial charge in [0.1, 0.15) is 5.82 Å². The minimum atomic E-state index is -0.0781. The molecule has 1 aromatic carbocycles. The number of carbonyl (C=O) groups is 1. The highest BCUT2D eigenvalue weighted by atomic mass is 35.5. The molecule has 0 atom stereocenters. The van der Waals surface area contributed by atoms with Crippen LogP contribution in [0.3, 0.4) is 0 Å². The van der Waals surface area contributed by atoms with Crippen LogP contribution in [0.1, 0.15) is 40.5 Å². The molecule has 4 rings (SSSR count). The van der Waals surface area contributed by atoms with Gasteiger partial charge in [-0.05, 0) is 49.4 Å². The van der Waals surface area contributed by atoms with Crippen LogP contribution in [0.2, 0.25) is 5.02 Å². The van der Waals surface area contributed by atoms with E-state index in [1.165, 1.54) is 5.56 Å². The number of halogens is 1. The Kier molecular flexibility index (Phi) is 3.73. The SMILES string of the molecule is Cc1nc2nccc(C(=O)NC3CC(c4ccc(Cl)cc4)C3)c2[nH]1. The van der Waals surface area contributed by atoms with Gasteiger partial charge in [0.25, 0.3) is 5.91 Å². The molecule has 0 aliphatic heterocycles. The summed E-state index contributed by atoms with van der Waals surface area (Å²) in [7, 11) is 0. The Balaban J connectivity index is 1.43. The molecule has 1 aliphatic carbocycles. The Morgan fingerprint density at radius 1 is 1.25 bits per heavy atom. The standard InChI is InChI=1S/C18H17ClN4O/c1-10-21-16-15(6-7-20-17(16)22-10)18(24)23-14-8-12(9-14)11-2-4-13(19)5-3-11/h2-7,12,14H,8-9H2,1H3,(H,23,24)(H,20,21,22). The van der Waals surface area contributed by atoms with Gasteiger partial charge < -0.3 is 10.3 Å². The zero-order chi connectivity index (χ0) is 16.7. The second-order valence-corrected chi connectivity index (χ2v) is 6.71. The zero-order valence-corrected chi connectivity index (χ0v) is 14.0. The monoisotopic (exact) mass is 340 g/mol. The fourth-order valence-electron chi connectivity index (χ4n) is 3.22. The number of aromatic amines is 1. The summed E-state index contributed by atoms with van der Waals surface area (Å²) >= 11 is 5.92. The van der Waals surface area contributed by atoms with E-state index < -0.39 is 0 Å². The van der Waals surface area contributed by atoms with E-state index in [2.05, 4.69) is 32.4 Å². The van der Waals surface area contributed by atoms with Crippen molar-refractivity contribution in [1.82, 2.24) is 20.3 Å². The zero-order valence-electron chi connectivity index (χ0n) is 13.2. The number of amides is 1. The third-order valence-corrected chi connectivity index (χ3v) is 4.82. The third kappa shape index (κ3) is 2.76. The maximum atomic E-state index is 12.6. The topological polar surface area (TPSA) is 70.7 Å². The van der Waals surface area contributed by atoms with Crippen LogP contribution in [0.15, 0.2) is 36.5 Å². The van der Waals surface area contributed by atoms with Crippen molar-refractivity contribution in [2.24, 2.45) is 0 Å². The molecular formula is C18H17ClN4O. The summed E-state index contributed by atoms with van der Waals surface area (Å²) in [6, 6.07) is 9.87. The van der Waals surface area contributed by atoms with Crippen LogP contribution in [-0.2, 0) is 0 Å². The fraction of sp³-hybridized carbons (Fsp3) is 0.278. The van der Waals surface area contributed by atoms with Gasteiger partial charge in [-0.1, -0.05) is 23.7 Å². The number of hydrogen-bond acceptors (Lipinski definition) is 3. The number of rotatable bonds is 3. The summed E-state index contributed by atoms with van der Waals surface area (Å²) in [5.41, 5.74) is 3.14. The average molecular weight is 341 g/mol. The summed E-state index contributed by atoms with van der Waals surface area (Å²) < 4.78 is 0. The Labute approximate surface area is 144 Å². The maximum absolute atomic E-state index is 12.6. The molecule has 1 aliphatic rings. The molecule has 1 amide bonds. The van der Waals surface area contributed by atoms with E-state index in [1.54, 1.807) is 12.3 Å². The van der Waals surface area contributed by atoms with Gasteiger partial charge in [-0.25, -0.2) is 9.97 Å². The van der Waals surface area contributed by atoms with Crippen LogP contribution in [0.25, 0.3) is 11.2 Å². The Bertz CT molecular complexity index is 897. The lowest BCUT2D eigenvalue weighted by Gasteiger charge is -2.36. The summed E-state index contributed by atoms with van der Waals surface area (Å²) in [5.74, 6) is 1.16.